The zero-order valence-corrected chi connectivity index (χ0v) is 4.05. The third-order valence-electron chi connectivity index (χ3n) is 0.939. The van der Waals surface area contributed by atoms with Crippen LogP contribution >= 0.6 is 11.6 Å². The lowest BCUT2D eigenvalue weighted by Crippen LogP contribution is -1.80. The number of rotatable bonds is 0. The summed E-state index contributed by atoms with van der Waals surface area (Å²) < 4.78 is 0. The molecule has 5 heavy (non-hydrogen) atoms. The predicted molar refractivity (Wildman–Crippen MR) is 23.5 cm³/mol. The maximum Gasteiger partial charge on any atom is 0.0420 e. The Kier molecular flexibility index (Phi) is 0.470. The van der Waals surface area contributed by atoms with Crippen molar-refractivity contribution in [3.63, 3.8) is 0 Å². The Bertz CT molecular complexity index is 41.6. The molecular weight excluding hydrogens is 83.5 g/mol. The van der Waals surface area contributed by atoms with E-state index >= 15 is 0 Å². The maximum absolute atomic E-state index is 5.64. The molecule has 0 aliphatic heterocycles. The van der Waals surface area contributed by atoms with E-state index in [1.54, 1.807) is 0 Å². The van der Waals surface area contributed by atoms with Crippen LogP contribution in [0, 0.1) is 0 Å². The standard InChI is InChI=1S/C4H7Cl/c1-4(5)2-3-4/h2-3H2,1H3. The Balaban J connectivity index is 2.38. The van der Waals surface area contributed by atoms with Gasteiger partial charge in [0.05, 0.1) is 0 Å². The van der Waals surface area contributed by atoms with Crippen LogP contribution in [0.1, 0.15) is 19.8 Å². The van der Waals surface area contributed by atoms with Gasteiger partial charge in [-0.3, -0.25) is 0 Å². The van der Waals surface area contributed by atoms with Crippen LogP contribution in [0.15, 0.2) is 0 Å². The van der Waals surface area contributed by atoms with Crippen molar-refractivity contribution in [3.8, 4) is 0 Å². The molecule has 0 radical (unpaired) electrons. The van der Waals surface area contributed by atoms with E-state index in [1.807, 2.05) is 0 Å². The first-order valence-electron chi connectivity index (χ1n) is 1.90. The quantitative estimate of drug-likeness (QED) is 0.398. The van der Waals surface area contributed by atoms with E-state index in [0.29, 0.717) is 0 Å². The second-order valence-electron chi connectivity index (χ2n) is 1.91. The number of hydrogen-bond acceptors (Lipinski definition) is 0. The Morgan fingerprint density at radius 1 is 1.60 bits per heavy atom. The highest BCUT2D eigenvalue weighted by Crippen LogP contribution is 2.41. The smallest absolute Gasteiger partial charge is 0.0420 e. The van der Waals surface area contributed by atoms with Crippen molar-refractivity contribution in [2.24, 2.45) is 0 Å². The molecule has 0 amide bonds. The topological polar surface area (TPSA) is 0 Å². The lowest BCUT2D eigenvalue weighted by molar-refractivity contribution is 1.03. The van der Waals surface area contributed by atoms with Gasteiger partial charge in [-0.05, 0) is 19.8 Å². The molecule has 0 aromatic rings. The molecule has 0 saturated heterocycles. The number of halogens is 1. The van der Waals surface area contributed by atoms with E-state index in [0.717, 1.165) is 0 Å². The largest absolute Gasteiger partial charge is 0.120 e. The molecular formula is C4H7Cl. The fraction of sp³-hybridized carbons (Fsp3) is 1.00. The van der Waals surface area contributed by atoms with Crippen molar-refractivity contribution >= 4 is 11.6 Å². The average Bonchev–Trinajstić information content (AvgIpc) is 1.76. The van der Waals surface area contributed by atoms with Crippen molar-refractivity contribution in [2.45, 2.75) is 24.6 Å². The normalized spacial score (nSPS) is 30.0. The average molecular weight is 90.6 g/mol. The second-order valence-corrected chi connectivity index (χ2v) is 2.83. The van der Waals surface area contributed by atoms with Crippen LogP contribution in [-0.4, -0.2) is 4.87 Å². The van der Waals surface area contributed by atoms with Crippen LogP contribution in [-0.2, 0) is 0 Å². The Labute approximate surface area is 37.1 Å². The van der Waals surface area contributed by atoms with Gasteiger partial charge in [-0.2, -0.15) is 0 Å². The van der Waals surface area contributed by atoms with E-state index in [9.17, 15) is 0 Å². The molecule has 0 unspecified atom stereocenters. The van der Waals surface area contributed by atoms with Gasteiger partial charge in [0.25, 0.3) is 0 Å². The summed E-state index contributed by atoms with van der Waals surface area (Å²) in [5.41, 5.74) is 0. The molecule has 1 rings (SSSR count). The molecule has 1 heteroatoms. The van der Waals surface area contributed by atoms with Crippen LogP contribution < -0.4 is 0 Å². The van der Waals surface area contributed by atoms with Gasteiger partial charge in [0.15, 0.2) is 0 Å². The van der Waals surface area contributed by atoms with Crippen LogP contribution in [0.4, 0.5) is 0 Å². The fourth-order valence-corrected chi connectivity index (χ4v) is 0.267. The first-order valence-corrected chi connectivity index (χ1v) is 2.27. The monoisotopic (exact) mass is 90.0 g/mol. The Morgan fingerprint density at radius 3 is 1.80 bits per heavy atom. The zero-order chi connectivity index (χ0) is 3.91. The third kappa shape index (κ3) is 0.804. The molecule has 0 N–H and O–H groups in total. The first kappa shape index (κ1) is 3.48. The van der Waals surface area contributed by atoms with Crippen molar-refractivity contribution < 1.29 is 0 Å². The maximum atomic E-state index is 5.64. The Hall–Kier alpha value is 0.290. The van der Waals surface area contributed by atoms with Gasteiger partial charge >= 0.3 is 0 Å². The summed E-state index contributed by atoms with van der Waals surface area (Å²) in [6.07, 6.45) is 2.43. The highest BCUT2D eigenvalue weighted by molar-refractivity contribution is 6.25. The molecule has 0 heterocycles. The highest BCUT2D eigenvalue weighted by atomic mass is 35.5. The van der Waals surface area contributed by atoms with Gasteiger partial charge < -0.3 is 0 Å². The van der Waals surface area contributed by atoms with Crippen molar-refractivity contribution in [2.75, 3.05) is 0 Å². The molecule has 0 spiro atoms. The summed E-state index contributed by atoms with van der Waals surface area (Å²) in [6.45, 7) is 2.06. The number of alkyl halides is 1. The van der Waals surface area contributed by atoms with Crippen molar-refractivity contribution in [1.29, 1.82) is 0 Å². The Morgan fingerprint density at radius 2 is 1.80 bits per heavy atom. The van der Waals surface area contributed by atoms with E-state index in [2.05, 4.69) is 6.92 Å². The lowest BCUT2D eigenvalue weighted by Gasteiger charge is -1.82. The number of hydrogen-bond donors (Lipinski definition) is 0. The van der Waals surface area contributed by atoms with Gasteiger partial charge in [0.1, 0.15) is 0 Å². The fourth-order valence-electron chi connectivity index (χ4n) is 0.172. The zero-order valence-electron chi connectivity index (χ0n) is 3.29. The molecule has 30 valence electrons. The predicted octanol–water partition coefficient (Wildman–Crippen LogP) is 1.78. The summed E-state index contributed by atoms with van der Waals surface area (Å²) in [5, 5.41) is 0. The molecule has 0 aromatic heterocycles. The van der Waals surface area contributed by atoms with Gasteiger partial charge in [-0.25, -0.2) is 0 Å². The molecule has 1 aliphatic carbocycles. The first-order chi connectivity index (χ1) is 2.21. The van der Waals surface area contributed by atoms with Crippen LogP contribution in [0.2, 0.25) is 0 Å². The van der Waals surface area contributed by atoms with Gasteiger partial charge in [-0.15, -0.1) is 11.6 Å². The van der Waals surface area contributed by atoms with Gasteiger partial charge in [0, 0.05) is 4.87 Å². The van der Waals surface area contributed by atoms with Gasteiger partial charge in [0.2, 0.25) is 0 Å². The van der Waals surface area contributed by atoms with Crippen LogP contribution in [0.5, 0.6) is 0 Å². The van der Waals surface area contributed by atoms with E-state index in [4.69, 9.17) is 11.6 Å². The van der Waals surface area contributed by atoms with Crippen molar-refractivity contribution in [1.82, 2.24) is 0 Å². The summed E-state index contributed by atoms with van der Waals surface area (Å²) in [7, 11) is 0. The third-order valence-corrected chi connectivity index (χ3v) is 1.32. The lowest BCUT2D eigenvalue weighted by atomic mass is 10.5. The molecule has 0 atom stereocenters. The summed E-state index contributed by atoms with van der Waals surface area (Å²) in [6, 6.07) is 0. The van der Waals surface area contributed by atoms with E-state index < -0.39 is 0 Å². The summed E-state index contributed by atoms with van der Waals surface area (Å²) in [5.74, 6) is 0. The van der Waals surface area contributed by atoms with Crippen LogP contribution in [0.3, 0.4) is 0 Å². The minimum Gasteiger partial charge on any atom is -0.120 e. The van der Waals surface area contributed by atoms with Crippen molar-refractivity contribution in [3.05, 3.63) is 0 Å². The minimum atomic E-state index is 0.222. The summed E-state index contributed by atoms with van der Waals surface area (Å²) in [4.78, 5) is 0.222. The van der Waals surface area contributed by atoms with E-state index in [-0.39, 0.29) is 4.87 Å². The van der Waals surface area contributed by atoms with E-state index in [1.165, 1.54) is 12.8 Å². The molecule has 1 fully saturated rings. The minimum absolute atomic E-state index is 0.222. The molecule has 1 saturated carbocycles. The second kappa shape index (κ2) is 0.676. The SMILES string of the molecule is CC1(Cl)CC1. The molecule has 0 bridgehead atoms. The highest BCUT2D eigenvalue weighted by Gasteiger charge is 2.33. The summed E-state index contributed by atoms with van der Waals surface area (Å²) >= 11 is 5.64. The molecule has 0 aromatic carbocycles. The van der Waals surface area contributed by atoms with Gasteiger partial charge in [-0.1, -0.05) is 0 Å². The molecule has 0 nitrogen and oxygen atoms in total. The van der Waals surface area contributed by atoms with Crippen LogP contribution in [0.25, 0.3) is 0 Å². The molecule has 1 aliphatic rings.